The van der Waals surface area contributed by atoms with Crippen LogP contribution in [0.3, 0.4) is 0 Å². The maximum atomic E-state index is 10.6. The van der Waals surface area contributed by atoms with Crippen LogP contribution >= 0.6 is 11.6 Å². The molecule has 0 spiro atoms. The van der Waals surface area contributed by atoms with Crippen LogP contribution in [-0.2, 0) is 6.42 Å². The highest BCUT2D eigenvalue weighted by atomic mass is 35.5. The van der Waals surface area contributed by atoms with Crippen LogP contribution in [0.25, 0.3) is 0 Å². The van der Waals surface area contributed by atoms with Crippen molar-refractivity contribution >= 4 is 17.6 Å². The number of carboxylic acid groups (broad SMARTS) is 1. The predicted octanol–water partition coefficient (Wildman–Crippen LogP) is 1.93. The van der Waals surface area contributed by atoms with Gasteiger partial charge in [-0.1, -0.05) is 17.7 Å². The maximum absolute atomic E-state index is 10.6. The van der Waals surface area contributed by atoms with Gasteiger partial charge < -0.3 is 10.8 Å². The van der Waals surface area contributed by atoms with Crippen LogP contribution in [0, 0.1) is 0 Å². The number of rotatable bonds is 3. The summed E-state index contributed by atoms with van der Waals surface area (Å²) in [6, 6.07) is 4.70. The molecule has 0 fully saturated rings. The number of carbonyl (C=O) groups is 1. The van der Waals surface area contributed by atoms with E-state index in [0.717, 1.165) is 5.56 Å². The summed E-state index contributed by atoms with van der Waals surface area (Å²) in [6.07, 6.45) is 0.652. The van der Waals surface area contributed by atoms with Gasteiger partial charge in [0, 0.05) is 11.1 Å². The molecule has 0 amide bonds. The Kier molecular flexibility index (Phi) is 3.49. The second-order valence-corrected chi connectivity index (χ2v) is 3.70. The summed E-state index contributed by atoms with van der Waals surface area (Å²) in [7, 11) is 0. The van der Waals surface area contributed by atoms with Crippen molar-refractivity contribution in [1.82, 2.24) is 0 Å². The maximum Gasteiger partial charge on any atom is 0.335 e. The van der Waals surface area contributed by atoms with Crippen molar-refractivity contribution in [2.75, 3.05) is 0 Å². The van der Waals surface area contributed by atoms with Crippen molar-refractivity contribution in [2.45, 2.75) is 19.4 Å². The van der Waals surface area contributed by atoms with E-state index in [0.29, 0.717) is 11.4 Å². The fourth-order valence-electron chi connectivity index (χ4n) is 1.19. The van der Waals surface area contributed by atoms with Gasteiger partial charge in [-0.2, -0.15) is 0 Å². The zero-order valence-electron chi connectivity index (χ0n) is 7.83. The molecule has 0 saturated heterocycles. The van der Waals surface area contributed by atoms with Gasteiger partial charge in [-0.05, 0) is 31.0 Å². The van der Waals surface area contributed by atoms with Gasteiger partial charge in [0.05, 0.1) is 5.56 Å². The van der Waals surface area contributed by atoms with E-state index in [2.05, 4.69) is 0 Å². The van der Waals surface area contributed by atoms with E-state index < -0.39 is 5.97 Å². The third-order valence-corrected chi connectivity index (χ3v) is 2.19. The predicted molar refractivity (Wildman–Crippen MR) is 55.8 cm³/mol. The summed E-state index contributed by atoms with van der Waals surface area (Å²) in [5.74, 6) is -0.973. The highest BCUT2D eigenvalue weighted by molar-refractivity contribution is 6.31. The van der Waals surface area contributed by atoms with Crippen LogP contribution in [0.2, 0.25) is 5.02 Å². The van der Waals surface area contributed by atoms with Crippen LogP contribution < -0.4 is 5.73 Å². The number of benzene rings is 1. The molecule has 0 saturated carbocycles. The van der Waals surface area contributed by atoms with E-state index in [1.807, 2.05) is 6.92 Å². The van der Waals surface area contributed by atoms with Crippen molar-refractivity contribution in [2.24, 2.45) is 5.73 Å². The van der Waals surface area contributed by atoms with E-state index in [1.165, 1.54) is 12.1 Å². The highest BCUT2D eigenvalue weighted by Crippen LogP contribution is 2.19. The Bertz CT molecular complexity index is 350. The third kappa shape index (κ3) is 2.72. The minimum absolute atomic E-state index is 0.0168. The van der Waals surface area contributed by atoms with Gasteiger partial charge in [-0.25, -0.2) is 4.79 Å². The van der Waals surface area contributed by atoms with Crippen LogP contribution in [0.1, 0.15) is 22.8 Å². The molecule has 3 N–H and O–H groups in total. The molecule has 1 atom stereocenters. The van der Waals surface area contributed by atoms with E-state index in [-0.39, 0.29) is 11.6 Å². The van der Waals surface area contributed by atoms with Gasteiger partial charge in [0.2, 0.25) is 0 Å². The minimum Gasteiger partial charge on any atom is -0.478 e. The van der Waals surface area contributed by atoms with Gasteiger partial charge in [-0.3, -0.25) is 0 Å². The molecule has 0 aliphatic heterocycles. The monoisotopic (exact) mass is 213 g/mol. The summed E-state index contributed by atoms with van der Waals surface area (Å²) >= 11 is 5.90. The summed E-state index contributed by atoms with van der Waals surface area (Å²) in [4.78, 5) is 10.6. The number of nitrogens with two attached hydrogens (primary N) is 1. The molecule has 3 nitrogen and oxygen atoms in total. The molecule has 1 aromatic rings. The van der Waals surface area contributed by atoms with Crippen molar-refractivity contribution in [3.8, 4) is 0 Å². The molecule has 14 heavy (non-hydrogen) atoms. The van der Waals surface area contributed by atoms with Gasteiger partial charge in [-0.15, -0.1) is 0 Å². The van der Waals surface area contributed by atoms with Crippen molar-refractivity contribution in [3.63, 3.8) is 0 Å². The first-order valence-corrected chi connectivity index (χ1v) is 4.66. The lowest BCUT2D eigenvalue weighted by atomic mass is 10.1. The lowest BCUT2D eigenvalue weighted by molar-refractivity contribution is 0.0697. The van der Waals surface area contributed by atoms with Gasteiger partial charge in [0.1, 0.15) is 0 Å². The highest BCUT2D eigenvalue weighted by Gasteiger charge is 2.07. The Morgan fingerprint density at radius 1 is 1.64 bits per heavy atom. The molecular formula is C10H12ClNO2. The Labute approximate surface area is 87.5 Å². The minimum atomic E-state index is -0.973. The molecule has 0 radical (unpaired) electrons. The zero-order valence-corrected chi connectivity index (χ0v) is 8.58. The van der Waals surface area contributed by atoms with E-state index in [9.17, 15) is 4.79 Å². The van der Waals surface area contributed by atoms with Crippen LogP contribution in [0.15, 0.2) is 18.2 Å². The van der Waals surface area contributed by atoms with E-state index >= 15 is 0 Å². The van der Waals surface area contributed by atoms with Gasteiger partial charge in [0.25, 0.3) is 0 Å². The smallest absolute Gasteiger partial charge is 0.335 e. The molecule has 0 aromatic heterocycles. The number of carboxylic acids is 1. The average molecular weight is 214 g/mol. The lowest BCUT2D eigenvalue weighted by Gasteiger charge is -2.07. The van der Waals surface area contributed by atoms with E-state index in [4.69, 9.17) is 22.4 Å². The Hall–Kier alpha value is -1.06. The molecule has 1 rings (SSSR count). The van der Waals surface area contributed by atoms with Crippen molar-refractivity contribution < 1.29 is 9.90 Å². The second-order valence-electron chi connectivity index (χ2n) is 3.29. The Morgan fingerprint density at radius 2 is 2.29 bits per heavy atom. The first kappa shape index (κ1) is 11.0. The number of hydrogen-bond acceptors (Lipinski definition) is 2. The molecule has 0 aliphatic rings. The van der Waals surface area contributed by atoms with Crippen LogP contribution in [-0.4, -0.2) is 17.1 Å². The first-order chi connectivity index (χ1) is 6.50. The first-order valence-electron chi connectivity index (χ1n) is 4.28. The second kappa shape index (κ2) is 4.44. The van der Waals surface area contributed by atoms with Gasteiger partial charge in [0.15, 0.2) is 0 Å². The van der Waals surface area contributed by atoms with E-state index in [1.54, 1.807) is 6.07 Å². The molecular weight excluding hydrogens is 202 g/mol. The quantitative estimate of drug-likeness (QED) is 0.807. The summed E-state index contributed by atoms with van der Waals surface area (Å²) in [5.41, 5.74) is 6.69. The Morgan fingerprint density at radius 3 is 2.71 bits per heavy atom. The SMILES string of the molecule is CC(N)Cc1ccc(C(=O)O)cc1Cl. The standard InChI is InChI=1S/C10H12ClNO2/c1-6(12)4-7-2-3-8(10(13)14)5-9(7)11/h2-3,5-6H,4,12H2,1H3,(H,13,14). The summed E-state index contributed by atoms with van der Waals surface area (Å²) in [6.45, 7) is 1.88. The summed E-state index contributed by atoms with van der Waals surface area (Å²) < 4.78 is 0. The number of aromatic carboxylic acids is 1. The summed E-state index contributed by atoms with van der Waals surface area (Å²) in [5, 5.41) is 9.16. The number of hydrogen-bond donors (Lipinski definition) is 2. The molecule has 1 aromatic carbocycles. The molecule has 4 heteroatoms. The van der Waals surface area contributed by atoms with Crippen LogP contribution in [0.5, 0.6) is 0 Å². The normalized spacial score (nSPS) is 12.5. The third-order valence-electron chi connectivity index (χ3n) is 1.84. The zero-order chi connectivity index (χ0) is 10.7. The molecule has 0 bridgehead atoms. The van der Waals surface area contributed by atoms with Gasteiger partial charge >= 0.3 is 5.97 Å². The molecule has 76 valence electrons. The molecule has 1 unspecified atom stereocenters. The largest absolute Gasteiger partial charge is 0.478 e. The number of halogens is 1. The fourth-order valence-corrected chi connectivity index (χ4v) is 1.45. The average Bonchev–Trinajstić information content (AvgIpc) is 2.07. The lowest BCUT2D eigenvalue weighted by Crippen LogP contribution is -2.18. The van der Waals surface area contributed by atoms with Crippen molar-refractivity contribution in [1.29, 1.82) is 0 Å². The molecule has 0 aliphatic carbocycles. The topological polar surface area (TPSA) is 63.3 Å². The van der Waals surface area contributed by atoms with Crippen LogP contribution in [0.4, 0.5) is 0 Å². The Balaban J connectivity index is 2.95. The fraction of sp³-hybridized carbons (Fsp3) is 0.300. The molecule has 0 heterocycles. The van der Waals surface area contributed by atoms with Crippen molar-refractivity contribution in [3.05, 3.63) is 34.3 Å².